The predicted molar refractivity (Wildman–Crippen MR) is 150 cm³/mol. The normalized spacial score (nSPS) is 17.6. The van der Waals surface area contributed by atoms with Crippen molar-refractivity contribution in [2.45, 2.75) is 57.8 Å². The molecule has 4 aromatic rings. The summed E-state index contributed by atoms with van der Waals surface area (Å²) in [6.45, 7) is 7.16. The fourth-order valence-electron chi connectivity index (χ4n) is 5.37. The number of aromatic nitrogens is 6. The second-order valence-electron chi connectivity index (χ2n) is 11.0. The number of halogens is 3. The van der Waals surface area contributed by atoms with E-state index >= 15 is 0 Å². The van der Waals surface area contributed by atoms with Gasteiger partial charge in [0.1, 0.15) is 23.5 Å². The average Bonchev–Trinajstić information content (AvgIpc) is 3.72. The van der Waals surface area contributed by atoms with E-state index in [9.17, 15) is 13.2 Å². The fraction of sp³-hybridized carbons (Fsp3) is 0.433. The van der Waals surface area contributed by atoms with Crippen molar-refractivity contribution in [3.63, 3.8) is 0 Å². The Balaban J connectivity index is 1.35. The molecule has 220 valence electrons. The Labute approximate surface area is 241 Å². The molecule has 12 heteroatoms. The molecule has 2 fully saturated rings. The van der Waals surface area contributed by atoms with Gasteiger partial charge in [0.15, 0.2) is 11.5 Å². The standard InChI is InChI=1S/C30H32F3N7O2/c1-17(2)40-14-23(30(31,32)33)37-28(40)21-9-5-19(6-10-21)22-15-42-12-11-39(22)24-13-18(3)36-27(38-24)25-26(20-7-8-20)34-16-35-29(25)41-4/h5-6,9-10,13-14,16-17,20,22H,7-8,11-12,15H2,1-4H3. The van der Waals surface area contributed by atoms with E-state index in [2.05, 4.69) is 19.9 Å². The summed E-state index contributed by atoms with van der Waals surface area (Å²) in [6, 6.07) is 9.06. The van der Waals surface area contributed by atoms with E-state index < -0.39 is 11.9 Å². The lowest BCUT2D eigenvalue weighted by molar-refractivity contribution is -0.140. The molecule has 1 aliphatic heterocycles. The quantitative estimate of drug-likeness (QED) is 0.257. The van der Waals surface area contributed by atoms with E-state index in [1.165, 1.54) is 6.33 Å². The Morgan fingerprint density at radius 1 is 1.05 bits per heavy atom. The third-order valence-electron chi connectivity index (χ3n) is 7.62. The van der Waals surface area contributed by atoms with E-state index in [4.69, 9.17) is 19.4 Å². The van der Waals surface area contributed by atoms with Crippen molar-refractivity contribution in [1.29, 1.82) is 0 Å². The lowest BCUT2D eigenvalue weighted by atomic mass is 10.0. The van der Waals surface area contributed by atoms with Crippen LogP contribution in [0.2, 0.25) is 0 Å². The van der Waals surface area contributed by atoms with Crippen molar-refractivity contribution in [3.05, 3.63) is 65.5 Å². The molecular weight excluding hydrogens is 547 g/mol. The number of hydrogen-bond acceptors (Lipinski definition) is 8. The molecule has 9 nitrogen and oxygen atoms in total. The Bertz CT molecular complexity index is 1580. The van der Waals surface area contributed by atoms with Crippen LogP contribution >= 0.6 is 0 Å². The summed E-state index contributed by atoms with van der Waals surface area (Å²) in [6.07, 6.45) is 0.191. The molecular formula is C30H32F3N7O2. The molecule has 3 aromatic heterocycles. The van der Waals surface area contributed by atoms with Gasteiger partial charge < -0.3 is 18.9 Å². The molecule has 0 spiro atoms. The van der Waals surface area contributed by atoms with Crippen LogP contribution in [0.15, 0.2) is 42.9 Å². The van der Waals surface area contributed by atoms with E-state index in [-0.39, 0.29) is 17.9 Å². The smallest absolute Gasteiger partial charge is 0.434 e. The zero-order valence-electron chi connectivity index (χ0n) is 23.9. The number of morpholine rings is 1. The second-order valence-corrected chi connectivity index (χ2v) is 11.0. The van der Waals surface area contributed by atoms with E-state index in [1.54, 1.807) is 11.7 Å². The van der Waals surface area contributed by atoms with Gasteiger partial charge in [0.05, 0.1) is 32.1 Å². The van der Waals surface area contributed by atoms with E-state index in [0.717, 1.165) is 47.4 Å². The zero-order chi connectivity index (χ0) is 29.6. The molecule has 0 N–H and O–H groups in total. The number of benzene rings is 1. The van der Waals surface area contributed by atoms with Gasteiger partial charge in [-0.2, -0.15) is 13.2 Å². The lowest BCUT2D eigenvalue weighted by Crippen LogP contribution is -2.40. The number of nitrogens with zero attached hydrogens (tertiary/aromatic N) is 7. The molecule has 1 unspecified atom stereocenters. The number of hydrogen-bond donors (Lipinski definition) is 0. The Kier molecular flexibility index (Phi) is 7.34. The third kappa shape index (κ3) is 5.42. The SMILES string of the molecule is COc1ncnc(C2CC2)c1-c1nc(C)cc(N2CCOCC2c2ccc(-c3nc(C(F)(F)F)cn3C(C)C)cc2)n1. The molecule has 0 amide bonds. The van der Waals surface area contributed by atoms with Gasteiger partial charge in [-0.25, -0.2) is 24.9 Å². The molecule has 6 rings (SSSR count). The van der Waals surface area contributed by atoms with Gasteiger partial charge in [-0.3, -0.25) is 0 Å². The van der Waals surface area contributed by atoms with E-state index in [0.29, 0.717) is 42.9 Å². The highest BCUT2D eigenvalue weighted by molar-refractivity contribution is 5.67. The highest BCUT2D eigenvalue weighted by Gasteiger charge is 2.36. The average molecular weight is 580 g/mol. The first-order chi connectivity index (χ1) is 20.1. The van der Waals surface area contributed by atoms with Crippen LogP contribution in [0.5, 0.6) is 5.88 Å². The van der Waals surface area contributed by atoms with Gasteiger partial charge in [0, 0.05) is 42.0 Å². The summed E-state index contributed by atoms with van der Waals surface area (Å²) in [7, 11) is 1.58. The molecule has 2 aliphatic rings. The van der Waals surface area contributed by atoms with Crippen LogP contribution in [0.1, 0.15) is 67.3 Å². The number of alkyl halides is 3. The summed E-state index contributed by atoms with van der Waals surface area (Å²) < 4.78 is 53.3. The largest absolute Gasteiger partial charge is 0.480 e. The summed E-state index contributed by atoms with van der Waals surface area (Å²) >= 11 is 0. The fourth-order valence-corrected chi connectivity index (χ4v) is 5.37. The molecule has 42 heavy (non-hydrogen) atoms. The van der Waals surface area contributed by atoms with Crippen molar-refractivity contribution < 1.29 is 22.6 Å². The van der Waals surface area contributed by atoms with Crippen molar-refractivity contribution in [1.82, 2.24) is 29.5 Å². The van der Waals surface area contributed by atoms with E-state index in [1.807, 2.05) is 51.1 Å². The number of anilines is 1. The van der Waals surface area contributed by atoms with Gasteiger partial charge in [-0.05, 0) is 39.2 Å². The van der Waals surface area contributed by atoms with Crippen LogP contribution in [-0.2, 0) is 10.9 Å². The summed E-state index contributed by atoms with van der Waals surface area (Å²) in [5, 5.41) is 0. The first-order valence-corrected chi connectivity index (χ1v) is 14.0. The van der Waals surface area contributed by atoms with Gasteiger partial charge in [-0.15, -0.1) is 0 Å². The molecule has 1 saturated carbocycles. The first-order valence-electron chi connectivity index (χ1n) is 14.0. The zero-order valence-corrected chi connectivity index (χ0v) is 23.9. The van der Waals surface area contributed by atoms with Crippen molar-refractivity contribution in [3.8, 4) is 28.7 Å². The van der Waals surface area contributed by atoms with Crippen LogP contribution in [0.3, 0.4) is 0 Å². The van der Waals surface area contributed by atoms with Crippen LogP contribution in [0, 0.1) is 6.92 Å². The molecule has 1 aromatic carbocycles. The van der Waals surface area contributed by atoms with Crippen LogP contribution in [-0.4, -0.2) is 56.4 Å². The maximum absolute atomic E-state index is 13.4. The molecule has 0 radical (unpaired) electrons. The van der Waals surface area contributed by atoms with Crippen LogP contribution < -0.4 is 9.64 Å². The summed E-state index contributed by atoms with van der Waals surface area (Å²) in [5.74, 6) is 2.34. The lowest BCUT2D eigenvalue weighted by Gasteiger charge is -2.37. The van der Waals surface area contributed by atoms with Gasteiger partial charge in [-0.1, -0.05) is 24.3 Å². The van der Waals surface area contributed by atoms with Crippen LogP contribution in [0.25, 0.3) is 22.8 Å². The Hall–Kier alpha value is -4.06. The number of methoxy groups -OCH3 is 1. The summed E-state index contributed by atoms with van der Waals surface area (Å²) in [5.41, 5.74) is 3.08. The van der Waals surface area contributed by atoms with Crippen molar-refractivity contribution >= 4 is 5.82 Å². The van der Waals surface area contributed by atoms with Gasteiger partial charge in [0.2, 0.25) is 5.88 Å². The molecule has 0 bridgehead atoms. The maximum Gasteiger partial charge on any atom is 0.434 e. The monoisotopic (exact) mass is 579 g/mol. The number of aryl methyl sites for hydroxylation is 1. The number of imidazole rings is 1. The van der Waals surface area contributed by atoms with Gasteiger partial charge in [0.25, 0.3) is 0 Å². The topological polar surface area (TPSA) is 91.1 Å². The minimum Gasteiger partial charge on any atom is -0.480 e. The molecule has 1 atom stereocenters. The van der Waals surface area contributed by atoms with Crippen LogP contribution in [0.4, 0.5) is 19.0 Å². The molecule has 1 saturated heterocycles. The van der Waals surface area contributed by atoms with Crippen molar-refractivity contribution in [2.75, 3.05) is 31.8 Å². The first kappa shape index (κ1) is 28.1. The number of rotatable bonds is 7. The van der Waals surface area contributed by atoms with Gasteiger partial charge >= 0.3 is 6.18 Å². The number of ether oxygens (including phenoxy) is 2. The predicted octanol–water partition coefficient (Wildman–Crippen LogP) is 6.17. The Morgan fingerprint density at radius 3 is 2.48 bits per heavy atom. The maximum atomic E-state index is 13.4. The highest BCUT2D eigenvalue weighted by Crippen LogP contribution is 2.45. The molecule has 1 aliphatic carbocycles. The van der Waals surface area contributed by atoms with Crippen molar-refractivity contribution in [2.24, 2.45) is 0 Å². The Morgan fingerprint density at radius 2 is 1.81 bits per heavy atom. The summed E-state index contributed by atoms with van der Waals surface area (Å²) in [4.78, 5) is 24.7. The second kappa shape index (κ2) is 11.0. The minimum atomic E-state index is -4.52. The third-order valence-corrected chi connectivity index (χ3v) is 7.62. The minimum absolute atomic E-state index is 0.164. The molecule has 4 heterocycles. The highest BCUT2D eigenvalue weighted by atomic mass is 19.4.